The van der Waals surface area contributed by atoms with Gasteiger partial charge in [0.2, 0.25) is 0 Å². The Morgan fingerprint density at radius 2 is 1.74 bits per heavy atom. The van der Waals surface area contributed by atoms with E-state index in [0.29, 0.717) is 9.93 Å². The van der Waals surface area contributed by atoms with Gasteiger partial charge in [0, 0.05) is 25.7 Å². The third-order valence-electron chi connectivity index (χ3n) is 5.30. The molecule has 1 aliphatic rings. The second-order valence-electron chi connectivity index (χ2n) is 7.49. The van der Waals surface area contributed by atoms with Gasteiger partial charge in [0.1, 0.15) is 0 Å². The molecule has 0 N–H and O–H groups in total. The maximum atomic E-state index is 12.9. The van der Waals surface area contributed by atoms with Gasteiger partial charge in [-0.2, -0.15) is 0 Å². The third kappa shape index (κ3) is 4.47. The molecule has 4 nitrogen and oxygen atoms in total. The van der Waals surface area contributed by atoms with Crippen LogP contribution >= 0.6 is 46.0 Å². The van der Waals surface area contributed by atoms with E-state index in [2.05, 4.69) is 27.2 Å². The Morgan fingerprint density at radius 1 is 1.03 bits per heavy atom. The highest BCUT2D eigenvalue weighted by Crippen LogP contribution is 2.35. The van der Waals surface area contributed by atoms with Crippen LogP contribution in [0.3, 0.4) is 0 Å². The van der Waals surface area contributed by atoms with Crippen molar-refractivity contribution in [3.8, 4) is 5.69 Å². The number of carbonyl (C=O) groups is 2. The van der Waals surface area contributed by atoms with E-state index in [0.717, 1.165) is 49.1 Å². The SMILES string of the molecule is Cc1ccc(-n2c(C)cc(/C=C3\SC(=O)N(Cc4ccc(I)cc4)C3=O)c2C)cc1Cl. The fourth-order valence-electron chi connectivity index (χ4n) is 3.60. The summed E-state index contributed by atoms with van der Waals surface area (Å²) in [4.78, 5) is 27.2. The van der Waals surface area contributed by atoms with E-state index in [1.807, 2.05) is 75.4 Å². The smallest absolute Gasteiger partial charge is 0.293 e. The van der Waals surface area contributed by atoms with Crippen LogP contribution < -0.4 is 0 Å². The van der Waals surface area contributed by atoms with Crippen LogP contribution in [0.5, 0.6) is 0 Å². The topological polar surface area (TPSA) is 42.3 Å². The number of carbonyl (C=O) groups excluding carboxylic acids is 2. The van der Waals surface area contributed by atoms with Gasteiger partial charge in [-0.15, -0.1) is 0 Å². The molecule has 2 amide bonds. The van der Waals surface area contributed by atoms with Gasteiger partial charge >= 0.3 is 0 Å². The summed E-state index contributed by atoms with van der Waals surface area (Å²) < 4.78 is 3.22. The van der Waals surface area contributed by atoms with Gasteiger partial charge < -0.3 is 4.57 Å². The Bertz CT molecular complexity index is 1230. The van der Waals surface area contributed by atoms with E-state index in [-0.39, 0.29) is 17.7 Å². The van der Waals surface area contributed by atoms with Crippen molar-refractivity contribution in [1.82, 2.24) is 9.47 Å². The molecule has 0 atom stereocenters. The molecule has 7 heteroatoms. The molecule has 31 heavy (non-hydrogen) atoms. The molecule has 158 valence electrons. The first-order valence-electron chi connectivity index (χ1n) is 9.70. The molecule has 0 saturated carbocycles. The number of hydrogen-bond donors (Lipinski definition) is 0. The monoisotopic (exact) mass is 562 g/mol. The van der Waals surface area contributed by atoms with Crippen molar-refractivity contribution < 1.29 is 9.59 Å². The molecule has 2 aromatic carbocycles. The minimum Gasteiger partial charge on any atom is -0.318 e. The van der Waals surface area contributed by atoms with Crippen LogP contribution in [0, 0.1) is 24.3 Å². The largest absolute Gasteiger partial charge is 0.318 e. The van der Waals surface area contributed by atoms with Crippen LogP contribution in [0.1, 0.15) is 28.1 Å². The predicted octanol–water partition coefficient (Wildman–Crippen LogP) is 6.90. The molecule has 0 spiro atoms. The Kier molecular flexibility index (Phi) is 6.32. The van der Waals surface area contributed by atoms with Crippen molar-refractivity contribution >= 4 is 63.2 Å². The van der Waals surface area contributed by atoms with E-state index in [4.69, 9.17) is 11.6 Å². The third-order valence-corrected chi connectivity index (χ3v) is 7.33. The van der Waals surface area contributed by atoms with Gasteiger partial charge in [-0.25, -0.2) is 0 Å². The molecular formula is C24H20ClIN2O2S. The van der Waals surface area contributed by atoms with Crippen LogP contribution in [-0.2, 0) is 11.3 Å². The van der Waals surface area contributed by atoms with Crippen molar-refractivity contribution in [3.05, 3.63) is 90.1 Å². The van der Waals surface area contributed by atoms with Crippen molar-refractivity contribution in [2.75, 3.05) is 0 Å². The van der Waals surface area contributed by atoms with Gasteiger partial charge in [-0.05, 0) is 108 Å². The van der Waals surface area contributed by atoms with Crippen LogP contribution in [0.4, 0.5) is 4.79 Å². The molecule has 1 aromatic heterocycles. The minimum absolute atomic E-state index is 0.242. The van der Waals surface area contributed by atoms with E-state index in [1.54, 1.807) is 0 Å². The molecule has 0 aliphatic carbocycles. The number of rotatable bonds is 4. The van der Waals surface area contributed by atoms with Crippen molar-refractivity contribution in [2.24, 2.45) is 0 Å². The standard InChI is InChI=1S/C24H20ClIN2O2S/c1-14-4-9-20(12-21(14)25)28-15(2)10-18(16(28)3)11-22-23(29)27(24(30)31-22)13-17-5-7-19(26)8-6-17/h4-12H,13H2,1-3H3/b22-11-. The Labute approximate surface area is 204 Å². The normalized spacial score (nSPS) is 15.4. The van der Waals surface area contributed by atoms with Crippen LogP contribution in [-0.4, -0.2) is 20.6 Å². The van der Waals surface area contributed by atoms with Gasteiger partial charge in [0.15, 0.2) is 0 Å². The second kappa shape index (κ2) is 8.84. The predicted molar refractivity (Wildman–Crippen MR) is 136 cm³/mol. The summed E-state index contributed by atoms with van der Waals surface area (Å²) in [5.74, 6) is -0.253. The summed E-state index contributed by atoms with van der Waals surface area (Å²) in [6, 6.07) is 15.8. The molecule has 2 heterocycles. The van der Waals surface area contributed by atoms with Crippen molar-refractivity contribution in [2.45, 2.75) is 27.3 Å². The first-order chi connectivity index (χ1) is 14.7. The van der Waals surface area contributed by atoms with Gasteiger partial charge in [-0.1, -0.05) is 29.8 Å². The summed E-state index contributed by atoms with van der Waals surface area (Å²) in [5, 5.41) is 0.470. The number of aromatic nitrogens is 1. The van der Waals surface area contributed by atoms with Crippen molar-refractivity contribution in [3.63, 3.8) is 0 Å². The zero-order valence-corrected chi connectivity index (χ0v) is 21.0. The maximum absolute atomic E-state index is 12.9. The molecule has 3 aromatic rings. The zero-order valence-electron chi connectivity index (χ0n) is 17.3. The lowest BCUT2D eigenvalue weighted by atomic mass is 10.2. The van der Waals surface area contributed by atoms with E-state index >= 15 is 0 Å². The molecule has 1 fully saturated rings. The summed E-state index contributed by atoms with van der Waals surface area (Å²) in [6.45, 7) is 6.27. The average Bonchev–Trinajstić information content (AvgIpc) is 3.15. The number of hydrogen-bond acceptors (Lipinski definition) is 3. The zero-order chi connectivity index (χ0) is 22.3. The van der Waals surface area contributed by atoms with Gasteiger partial charge in [0.25, 0.3) is 11.1 Å². The second-order valence-corrected chi connectivity index (χ2v) is 10.1. The first kappa shape index (κ1) is 22.2. The van der Waals surface area contributed by atoms with E-state index in [9.17, 15) is 9.59 Å². The lowest BCUT2D eigenvalue weighted by Gasteiger charge is -2.12. The van der Waals surface area contributed by atoms with Crippen LogP contribution in [0.25, 0.3) is 11.8 Å². The Hall–Kier alpha value is -2.03. The summed E-state index contributed by atoms with van der Waals surface area (Å²) in [5.41, 5.74) is 5.85. The van der Waals surface area contributed by atoms with E-state index in [1.165, 1.54) is 4.90 Å². The summed E-state index contributed by atoms with van der Waals surface area (Å²) >= 11 is 9.54. The Balaban J connectivity index is 1.63. The number of thioether (sulfide) groups is 1. The lowest BCUT2D eigenvalue weighted by Crippen LogP contribution is -2.27. The first-order valence-corrected chi connectivity index (χ1v) is 12.0. The molecule has 0 radical (unpaired) electrons. The number of imide groups is 1. The quantitative estimate of drug-likeness (QED) is 0.257. The number of aryl methyl sites for hydroxylation is 2. The molecule has 1 aliphatic heterocycles. The van der Waals surface area contributed by atoms with Crippen LogP contribution in [0.15, 0.2) is 53.4 Å². The molecule has 4 rings (SSSR count). The fraction of sp³-hybridized carbons (Fsp3) is 0.167. The van der Waals surface area contributed by atoms with Gasteiger partial charge in [-0.3, -0.25) is 14.5 Å². The van der Waals surface area contributed by atoms with E-state index < -0.39 is 0 Å². The lowest BCUT2D eigenvalue weighted by molar-refractivity contribution is -0.123. The van der Waals surface area contributed by atoms with Gasteiger partial charge in [0.05, 0.1) is 11.4 Å². The van der Waals surface area contributed by atoms with Crippen LogP contribution in [0.2, 0.25) is 5.02 Å². The average molecular weight is 563 g/mol. The number of benzene rings is 2. The highest BCUT2D eigenvalue weighted by Gasteiger charge is 2.35. The number of nitrogens with zero attached hydrogens (tertiary/aromatic N) is 2. The highest BCUT2D eigenvalue weighted by molar-refractivity contribution is 14.1. The Morgan fingerprint density at radius 3 is 2.42 bits per heavy atom. The summed E-state index contributed by atoms with van der Waals surface area (Å²) in [7, 11) is 0. The molecular weight excluding hydrogens is 543 g/mol. The molecule has 0 bridgehead atoms. The molecule has 0 unspecified atom stereocenters. The minimum atomic E-state index is -0.253. The summed E-state index contributed by atoms with van der Waals surface area (Å²) in [6.07, 6.45) is 1.81. The fourth-order valence-corrected chi connectivity index (χ4v) is 4.97. The number of amides is 2. The maximum Gasteiger partial charge on any atom is 0.293 e. The molecule has 1 saturated heterocycles. The highest BCUT2D eigenvalue weighted by atomic mass is 127. The van der Waals surface area contributed by atoms with Crippen molar-refractivity contribution in [1.29, 1.82) is 0 Å². The number of halogens is 2.